The van der Waals surface area contributed by atoms with Gasteiger partial charge in [0.1, 0.15) is 28.2 Å². The van der Waals surface area contributed by atoms with E-state index < -0.39 is 0 Å². The zero-order valence-corrected chi connectivity index (χ0v) is 66.1. The van der Waals surface area contributed by atoms with Crippen molar-refractivity contribution >= 4 is 40.6 Å². The molecule has 2 saturated heterocycles. The van der Waals surface area contributed by atoms with Crippen molar-refractivity contribution in [3.63, 3.8) is 0 Å². The van der Waals surface area contributed by atoms with Crippen LogP contribution in [-0.2, 0) is 43.1 Å². The molecule has 28 nitrogen and oxygen atoms in total. The lowest BCUT2D eigenvalue weighted by Gasteiger charge is -2.39. The van der Waals surface area contributed by atoms with E-state index in [1.54, 1.807) is 89.3 Å². The van der Waals surface area contributed by atoms with E-state index in [0.29, 0.717) is 89.3 Å². The summed E-state index contributed by atoms with van der Waals surface area (Å²) in [5.41, 5.74) is 9.65. The predicted octanol–water partition coefficient (Wildman–Crippen LogP) is 14.4. The Morgan fingerprint density at radius 2 is 0.688 bits per heavy atom. The van der Waals surface area contributed by atoms with Gasteiger partial charge in [0.05, 0.1) is 138 Å². The lowest BCUT2D eigenvalue weighted by molar-refractivity contribution is -0.206. The van der Waals surface area contributed by atoms with Crippen molar-refractivity contribution in [3.05, 3.63) is 131 Å². The van der Waals surface area contributed by atoms with Crippen molar-refractivity contribution in [2.45, 2.75) is 194 Å². The minimum atomic E-state index is -0.374. The molecule has 0 atom stereocenters. The second kappa shape index (κ2) is 38.1. The van der Waals surface area contributed by atoms with Crippen molar-refractivity contribution in [3.8, 4) is 57.5 Å². The summed E-state index contributed by atoms with van der Waals surface area (Å²) >= 11 is 0. The first-order valence-corrected chi connectivity index (χ1v) is 38.2. The van der Waals surface area contributed by atoms with Gasteiger partial charge in [-0.3, -0.25) is 4.79 Å². The van der Waals surface area contributed by atoms with Crippen LogP contribution in [0.1, 0.15) is 182 Å². The maximum atomic E-state index is 11.4. The van der Waals surface area contributed by atoms with Crippen LogP contribution < -0.4 is 47.4 Å². The molecule has 16 rings (SSSR count). The summed E-state index contributed by atoms with van der Waals surface area (Å²) in [4.78, 5) is 34.4. The Kier molecular flexibility index (Phi) is 28.3. The Balaban J connectivity index is 0.000000135. The number of rotatable bonds is 15. The summed E-state index contributed by atoms with van der Waals surface area (Å²) < 4.78 is 75.3. The van der Waals surface area contributed by atoms with Crippen LogP contribution in [0.2, 0.25) is 0 Å². The third kappa shape index (κ3) is 20.3. The second-order valence-electron chi connectivity index (χ2n) is 29.5. The van der Waals surface area contributed by atoms with Gasteiger partial charge < -0.3 is 101 Å². The average molecular weight is 1550 g/mol. The lowest BCUT2D eigenvalue weighted by Crippen LogP contribution is -2.43. The molecular weight excluding hydrogens is 1440 g/mol. The first kappa shape index (κ1) is 83.1. The number of carbonyl (C=O) groups is 1. The van der Waals surface area contributed by atoms with E-state index in [4.69, 9.17) is 96.1 Å². The molecule has 0 radical (unpaired) electrons. The largest absolute Gasteiger partial charge is 0.493 e. The highest BCUT2D eigenvalue weighted by Gasteiger charge is 2.51. The number of aliphatic hydroxyl groups excluding tert-OH is 1. The number of allylic oxidation sites excluding steroid dienone is 1. The summed E-state index contributed by atoms with van der Waals surface area (Å²) in [6.07, 6.45) is 21.0. The van der Waals surface area contributed by atoms with E-state index in [1.807, 2.05) is 72.8 Å². The van der Waals surface area contributed by atoms with Gasteiger partial charge in [-0.2, -0.15) is 0 Å². The number of methoxy groups -OCH3 is 10. The Hall–Kier alpha value is -9.87. The summed E-state index contributed by atoms with van der Waals surface area (Å²) in [6.45, 7) is 6.89. The smallest absolute Gasteiger partial charge is 0.169 e. The average Bonchev–Trinajstić information content (AvgIpc) is 2.10. The monoisotopic (exact) mass is 1550 g/mol. The second-order valence-corrected chi connectivity index (χ2v) is 29.5. The van der Waals surface area contributed by atoms with Gasteiger partial charge in [0, 0.05) is 92.0 Å². The zero-order valence-electron chi connectivity index (χ0n) is 66.1. The normalized spacial score (nSPS) is 20.8. The molecule has 3 N–H and O–H groups in total. The van der Waals surface area contributed by atoms with Crippen LogP contribution in [0.5, 0.6) is 57.5 Å². The standard InChI is InChI=1S/C18H23NO5.C16H20N2O4.C16H21NO4.C16H19NO4.C9H11NO3.C9H14O2/c1-20-15-4-3-13(11-16(15)21-2)14-12-17(24-19-14)5-7-18(8-6-17)22-9-10-23-18;1-20-14-4-3-11(9-15(14)21-2)13-10-16(22-18-13)7-5-12(17-19)6-8-16;2*1-19-14-4-3-11(9-15(14)20-2)13-10-16(21-17-13)7-5-12(18)6-8-16;1-12-8-4-3-7(6-10-11)5-9(8)13-2;1-8-2-4-9(5-3-8)10-6-7-11-9/h3-4,11H,5-10,12H2,1-2H3;3-4,9,19H,5-8,10H2,1-2H3;3-4,9,12,18H,5-8,10H2,1-2H3;3-4,9H,5-8,10H2,1-2H3;3-6,11H,1-2H3;1-7H2/b;;;;10-6+;. The fourth-order valence-corrected chi connectivity index (χ4v) is 15.7. The predicted molar refractivity (Wildman–Crippen MR) is 418 cm³/mol. The Morgan fingerprint density at radius 3 is 1.02 bits per heavy atom. The van der Waals surface area contributed by atoms with Gasteiger partial charge in [0.2, 0.25) is 0 Å². The van der Waals surface area contributed by atoms with E-state index in [-0.39, 0.29) is 40.1 Å². The van der Waals surface area contributed by atoms with Crippen LogP contribution in [0, 0.1) is 0 Å². The molecule has 5 aromatic carbocycles. The van der Waals surface area contributed by atoms with Crippen LogP contribution in [0.15, 0.2) is 134 Å². The van der Waals surface area contributed by atoms with Crippen molar-refractivity contribution in [2.75, 3.05) is 97.5 Å². The number of oxime groups is 6. The van der Waals surface area contributed by atoms with Crippen molar-refractivity contribution in [1.82, 2.24) is 0 Å². The molecule has 606 valence electrons. The lowest BCUT2D eigenvalue weighted by atomic mass is 9.78. The highest BCUT2D eigenvalue weighted by Crippen LogP contribution is 2.48. The number of Topliss-reactive ketones (excluding diaryl/α,β-unsaturated/α-hetero) is 1. The van der Waals surface area contributed by atoms with E-state index in [1.165, 1.54) is 11.8 Å². The van der Waals surface area contributed by atoms with E-state index in [2.05, 4.69) is 37.5 Å². The molecule has 11 aliphatic rings. The number of hydrogen-bond acceptors (Lipinski definition) is 28. The molecule has 112 heavy (non-hydrogen) atoms. The third-order valence-electron chi connectivity index (χ3n) is 22.6. The van der Waals surface area contributed by atoms with Crippen LogP contribution in [0.25, 0.3) is 0 Å². The number of benzene rings is 5. The highest BCUT2D eigenvalue weighted by molar-refractivity contribution is 6.04. The number of nitrogens with zero attached hydrogens (tertiary/aromatic N) is 6. The molecule has 0 aromatic heterocycles. The van der Waals surface area contributed by atoms with Gasteiger partial charge in [-0.05, 0) is 181 Å². The maximum Gasteiger partial charge on any atom is 0.169 e. The summed E-state index contributed by atoms with van der Waals surface area (Å²) in [6, 6.07) is 28.4. The number of ether oxygens (including phenoxy) is 14. The molecule has 0 bridgehead atoms. The quantitative estimate of drug-likeness (QED) is 0.0379. The van der Waals surface area contributed by atoms with E-state index in [9.17, 15) is 9.90 Å². The van der Waals surface area contributed by atoms with Crippen molar-refractivity contribution in [2.24, 2.45) is 30.9 Å². The van der Waals surface area contributed by atoms with Crippen LogP contribution in [0.4, 0.5) is 0 Å². The fourth-order valence-electron chi connectivity index (χ4n) is 15.7. The zero-order chi connectivity index (χ0) is 79.4. The van der Waals surface area contributed by atoms with Gasteiger partial charge >= 0.3 is 0 Å². The molecule has 0 amide bonds. The topological polar surface area (TPSA) is 318 Å². The van der Waals surface area contributed by atoms with Gasteiger partial charge in [-0.15, -0.1) is 0 Å². The fraction of sp³-hybridized carbons (Fsp3) is 0.536. The molecule has 6 heterocycles. The van der Waals surface area contributed by atoms with E-state index >= 15 is 0 Å². The Morgan fingerprint density at radius 1 is 0.384 bits per heavy atom. The van der Waals surface area contributed by atoms with Crippen molar-refractivity contribution < 1.29 is 106 Å². The van der Waals surface area contributed by atoms with Gasteiger partial charge in [-0.25, -0.2) is 0 Å². The molecule has 5 aliphatic carbocycles. The van der Waals surface area contributed by atoms with Gasteiger partial charge in [-0.1, -0.05) is 43.1 Å². The third-order valence-corrected chi connectivity index (χ3v) is 22.6. The maximum absolute atomic E-state index is 11.4. The minimum Gasteiger partial charge on any atom is -0.493 e. The van der Waals surface area contributed by atoms with E-state index in [0.717, 1.165) is 211 Å². The molecule has 0 unspecified atom stereocenters. The molecule has 5 saturated carbocycles. The van der Waals surface area contributed by atoms with Crippen LogP contribution in [0.3, 0.4) is 0 Å². The molecule has 5 aromatic rings. The number of carbonyl (C=O) groups excluding carboxylic acids is 1. The molecule has 28 heteroatoms. The SMILES string of the molecule is C=C1CCC2(CC1)OCCO2.COc1ccc(/C=N/O)cc1OC.COc1ccc(C2=NOC3(CCC(=NO)CC3)C2)cc1OC.COc1ccc(C2=NOC3(CCC(=O)CC3)C2)cc1OC.COc1ccc(C2=NOC3(CCC(O)CC3)C2)cc1OC.COc1ccc(C2=NOC3(CCC4(CC3)OCCO4)C2)cc1OC. The molecule has 6 spiro atoms. The van der Waals surface area contributed by atoms with Gasteiger partial charge in [0.15, 0.2) is 69.1 Å². The van der Waals surface area contributed by atoms with Crippen molar-refractivity contribution in [1.29, 1.82) is 0 Å². The summed E-state index contributed by atoms with van der Waals surface area (Å²) in [7, 11) is 16.1. The summed E-state index contributed by atoms with van der Waals surface area (Å²) in [5, 5.41) is 50.2. The van der Waals surface area contributed by atoms with Gasteiger partial charge in [0.25, 0.3) is 0 Å². The Labute approximate surface area is 654 Å². The number of aliphatic hydroxyl groups is 1. The highest BCUT2D eigenvalue weighted by atomic mass is 16.7. The molecule has 7 fully saturated rings. The Bertz CT molecular complexity index is 4190. The van der Waals surface area contributed by atoms with Crippen LogP contribution >= 0.6 is 0 Å². The van der Waals surface area contributed by atoms with Crippen LogP contribution in [-0.4, -0.2) is 194 Å². The minimum absolute atomic E-state index is 0.190. The number of ketones is 1. The molecular formula is C84H108N6O22. The number of hydrogen-bond donors (Lipinski definition) is 3. The summed E-state index contributed by atoms with van der Waals surface area (Å²) in [5.74, 6) is 6.57. The molecule has 6 aliphatic heterocycles. The first-order valence-electron chi connectivity index (χ1n) is 38.2. The first-order chi connectivity index (χ1) is 54.3.